The van der Waals surface area contributed by atoms with E-state index in [2.05, 4.69) is 5.32 Å². The SMILES string of the molecule is O=C(O)CCNC(=O)COCc1ccccc1. The van der Waals surface area contributed by atoms with E-state index in [-0.39, 0.29) is 25.5 Å². The van der Waals surface area contributed by atoms with Gasteiger partial charge in [-0.2, -0.15) is 0 Å². The minimum absolute atomic E-state index is 0.0610. The molecule has 0 heterocycles. The first-order valence-corrected chi connectivity index (χ1v) is 5.28. The van der Waals surface area contributed by atoms with Crippen LogP contribution in [-0.4, -0.2) is 30.1 Å². The Morgan fingerprint density at radius 2 is 1.94 bits per heavy atom. The Kier molecular flexibility index (Phi) is 5.74. The van der Waals surface area contributed by atoms with Gasteiger partial charge in [0.15, 0.2) is 0 Å². The van der Waals surface area contributed by atoms with Gasteiger partial charge < -0.3 is 15.2 Å². The lowest BCUT2D eigenvalue weighted by Gasteiger charge is -2.05. The molecular formula is C12H15NO4. The normalized spacial score (nSPS) is 9.88. The van der Waals surface area contributed by atoms with E-state index < -0.39 is 5.97 Å². The average molecular weight is 237 g/mol. The molecule has 0 fully saturated rings. The smallest absolute Gasteiger partial charge is 0.305 e. The molecular weight excluding hydrogens is 222 g/mol. The highest BCUT2D eigenvalue weighted by Crippen LogP contribution is 1.99. The number of carboxylic acids is 1. The van der Waals surface area contributed by atoms with Crippen molar-refractivity contribution in [1.82, 2.24) is 5.32 Å². The number of aliphatic carboxylic acids is 1. The van der Waals surface area contributed by atoms with Gasteiger partial charge in [0.25, 0.3) is 0 Å². The van der Waals surface area contributed by atoms with Gasteiger partial charge in [-0.1, -0.05) is 30.3 Å². The number of nitrogens with one attached hydrogen (secondary N) is 1. The van der Waals surface area contributed by atoms with Crippen LogP contribution in [0.4, 0.5) is 0 Å². The van der Waals surface area contributed by atoms with Gasteiger partial charge in [0.1, 0.15) is 6.61 Å². The summed E-state index contributed by atoms with van der Waals surface area (Å²) in [5.74, 6) is -1.24. The summed E-state index contributed by atoms with van der Waals surface area (Å²) in [6, 6.07) is 9.50. The zero-order chi connectivity index (χ0) is 12.5. The Bertz CT molecular complexity index is 364. The molecule has 1 rings (SSSR count). The van der Waals surface area contributed by atoms with Crippen molar-refractivity contribution in [3.05, 3.63) is 35.9 Å². The van der Waals surface area contributed by atoms with Crippen molar-refractivity contribution in [2.75, 3.05) is 13.2 Å². The van der Waals surface area contributed by atoms with Crippen LogP contribution >= 0.6 is 0 Å². The zero-order valence-electron chi connectivity index (χ0n) is 9.39. The van der Waals surface area contributed by atoms with E-state index in [4.69, 9.17) is 9.84 Å². The molecule has 1 aromatic carbocycles. The van der Waals surface area contributed by atoms with E-state index in [0.29, 0.717) is 6.61 Å². The van der Waals surface area contributed by atoms with Gasteiger partial charge in [-0.3, -0.25) is 9.59 Å². The number of carbonyl (C=O) groups excluding carboxylic acids is 1. The minimum atomic E-state index is -0.935. The largest absolute Gasteiger partial charge is 0.481 e. The molecule has 17 heavy (non-hydrogen) atoms. The molecule has 0 aliphatic carbocycles. The summed E-state index contributed by atoms with van der Waals surface area (Å²) < 4.78 is 5.18. The van der Waals surface area contributed by atoms with E-state index in [1.165, 1.54) is 0 Å². The average Bonchev–Trinajstić information content (AvgIpc) is 2.30. The van der Waals surface area contributed by atoms with Crippen LogP contribution in [0.15, 0.2) is 30.3 Å². The molecule has 5 heteroatoms. The highest BCUT2D eigenvalue weighted by molar-refractivity contribution is 5.77. The van der Waals surface area contributed by atoms with Crippen LogP contribution in [0.2, 0.25) is 0 Å². The molecule has 0 spiro atoms. The van der Waals surface area contributed by atoms with Crippen molar-refractivity contribution in [1.29, 1.82) is 0 Å². The third-order valence-corrected chi connectivity index (χ3v) is 2.01. The summed E-state index contributed by atoms with van der Waals surface area (Å²) in [6.07, 6.45) is -0.0789. The summed E-state index contributed by atoms with van der Waals surface area (Å²) in [7, 11) is 0. The Labute approximate surface area is 99.4 Å². The number of carboxylic acid groups (broad SMARTS) is 1. The third kappa shape index (κ3) is 6.32. The van der Waals surface area contributed by atoms with Crippen molar-refractivity contribution in [2.24, 2.45) is 0 Å². The molecule has 0 aromatic heterocycles. The van der Waals surface area contributed by atoms with Crippen LogP contribution in [0.1, 0.15) is 12.0 Å². The first-order chi connectivity index (χ1) is 8.18. The molecule has 0 saturated heterocycles. The number of hydrogen-bond acceptors (Lipinski definition) is 3. The second-order valence-electron chi connectivity index (χ2n) is 3.47. The lowest BCUT2D eigenvalue weighted by atomic mass is 10.2. The maximum absolute atomic E-state index is 11.2. The van der Waals surface area contributed by atoms with Crippen LogP contribution in [0.25, 0.3) is 0 Å². The van der Waals surface area contributed by atoms with E-state index in [1.54, 1.807) is 0 Å². The number of amides is 1. The summed E-state index contributed by atoms with van der Waals surface area (Å²) >= 11 is 0. The van der Waals surface area contributed by atoms with E-state index in [0.717, 1.165) is 5.56 Å². The van der Waals surface area contributed by atoms with Gasteiger partial charge in [0.05, 0.1) is 13.0 Å². The Balaban J connectivity index is 2.10. The third-order valence-electron chi connectivity index (χ3n) is 2.01. The van der Waals surface area contributed by atoms with Gasteiger partial charge in [-0.05, 0) is 5.56 Å². The molecule has 2 N–H and O–H groups in total. The van der Waals surface area contributed by atoms with Crippen LogP contribution in [-0.2, 0) is 20.9 Å². The number of carbonyl (C=O) groups is 2. The molecule has 1 aromatic rings. The Hall–Kier alpha value is -1.88. The first-order valence-electron chi connectivity index (χ1n) is 5.28. The van der Waals surface area contributed by atoms with Crippen LogP contribution in [0.5, 0.6) is 0 Å². The maximum atomic E-state index is 11.2. The molecule has 0 bridgehead atoms. The number of hydrogen-bond donors (Lipinski definition) is 2. The predicted molar refractivity (Wildman–Crippen MR) is 61.4 cm³/mol. The predicted octanol–water partition coefficient (Wildman–Crippen LogP) is 0.794. The summed E-state index contributed by atoms with van der Waals surface area (Å²) in [4.78, 5) is 21.4. The topological polar surface area (TPSA) is 75.6 Å². The van der Waals surface area contributed by atoms with Crippen LogP contribution in [0, 0.1) is 0 Å². The second kappa shape index (κ2) is 7.40. The second-order valence-corrected chi connectivity index (χ2v) is 3.47. The maximum Gasteiger partial charge on any atom is 0.305 e. The molecule has 0 aliphatic heterocycles. The number of benzene rings is 1. The van der Waals surface area contributed by atoms with Crippen LogP contribution < -0.4 is 5.32 Å². The van der Waals surface area contributed by atoms with E-state index in [1.807, 2.05) is 30.3 Å². The molecule has 0 saturated carbocycles. The molecule has 5 nitrogen and oxygen atoms in total. The van der Waals surface area contributed by atoms with Crippen molar-refractivity contribution in [2.45, 2.75) is 13.0 Å². The molecule has 0 radical (unpaired) electrons. The van der Waals surface area contributed by atoms with Gasteiger partial charge >= 0.3 is 5.97 Å². The quantitative estimate of drug-likeness (QED) is 0.735. The highest BCUT2D eigenvalue weighted by Gasteiger charge is 2.02. The van der Waals surface area contributed by atoms with Gasteiger partial charge in [0, 0.05) is 6.54 Å². The van der Waals surface area contributed by atoms with Gasteiger partial charge in [-0.25, -0.2) is 0 Å². The van der Waals surface area contributed by atoms with E-state index >= 15 is 0 Å². The fraction of sp³-hybridized carbons (Fsp3) is 0.333. The summed E-state index contributed by atoms with van der Waals surface area (Å²) in [5.41, 5.74) is 0.992. The fourth-order valence-corrected chi connectivity index (χ4v) is 1.20. The first kappa shape index (κ1) is 13.2. The highest BCUT2D eigenvalue weighted by atomic mass is 16.5. The van der Waals surface area contributed by atoms with Gasteiger partial charge in [0.2, 0.25) is 5.91 Å². The summed E-state index contributed by atoms with van der Waals surface area (Å²) in [6.45, 7) is 0.435. The Morgan fingerprint density at radius 1 is 1.24 bits per heavy atom. The molecule has 92 valence electrons. The van der Waals surface area contributed by atoms with Crippen molar-refractivity contribution >= 4 is 11.9 Å². The van der Waals surface area contributed by atoms with E-state index in [9.17, 15) is 9.59 Å². The zero-order valence-corrected chi connectivity index (χ0v) is 9.39. The van der Waals surface area contributed by atoms with Crippen molar-refractivity contribution < 1.29 is 19.4 Å². The monoisotopic (exact) mass is 237 g/mol. The lowest BCUT2D eigenvalue weighted by Crippen LogP contribution is -2.29. The molecule has 1 amide bonds. The number of rotatable bonds is 7. The van der Waals surface area contributed by atoms with Crippen molar-refractivity contribution in [3.63, 3.8) is 0 Å². The molecule has 0 unspecified atom stereocenters. The molecule has 0 atom stereocenters. The van der Waals surface area contributed by atoms with Crippen LogP contribution in [0.3, 0.4) is 0 Å². The summed E-state index contributed by atoms with van der Waals surface area (Å²) in [5, 5.41) is 10.8. The standard InChI is InChI=1S/C12H15NO4/c14-11(13-7-6-12(15)16)9-17-8-10-4-2-1-3-5-10/h1-5H,6-9H2,(H,13,14)(H,15,16). The lowest BCUT2D eigenvalue weighted by molar-refractivity contribution is -0.137. The minimum Gasteiger partial charge on any atom is -0.481 e. The fourth-order valence-electron chi connectivity index (χ4n) is 1.20. The van der Waals surface area contributed by atoms with Gasteiger partial charge in [-0.15, -0.1) is 0 Å². The van der Waals surface area contributed by atoms with Crippen molar-refractivity contribution in [3.8, 4) is 0 Å². The Morgan fingerprint density at radius 3 is 2.59 bits per heavy atom. The number of ether oxygens (including phenoxy) is 1. The molecule has 0 aliphatic rings.